The van der Waals surface area contributed by atoms with Crippen molar-refractivity contribution >= 4 is 39.5 Å². The lowest BCUT2D eigenvalue weighted by Crippen LogP contribution is -2.30. The molecule has 90 heavy (non-hydrogen) atoms. The Balaban J connectivity index is 5.25. The molecule has 3 unspecified atom stereocenters. The molecule has 6 atom stereocenters. The Kier molecular flexibility index (Phi) is 61.8. The van der Waals surface area contributed by atoms with E-state index in [-0.39, 0.29) is 25.7 Å². The number of aliphatic hydroxyl groups excluding tert-OH is 1. The first kappa shape index (κ1) is 88.1. The standard InChI is InChI=1S/C71H138O17P2/c1-7-10-12-14-16-18-20-22-23-24-26-32-36-44-50-56-71(76)87-66(59-81-68(73)53-47-41-34-30-28-27-29-33-40-46-52-64(6)9-3)61-85-89(77,78)83-57-65(72)58-84-90(79,80)86-62-67(60-82-69(74)54-48-42-38-37-39-45-51-63(4)5)88-70(75)55-49-43-35-31-25-21-19-17-15-13-11-8-2/h63-67,72H,7-62H2,1-6H3,(H,77,78)(H,79,80)/t64?,65-,66-,67-/m1/s1. The van der Waals surface area contributed by atoms with Crippen molar-refractivity contribution in [1.29, 1.82) is 0 Å². The minimum atomic E-state index is -4.95. The molecule has 0 aliphatic heterocycles. The lowest BCUT2D eigenvalue weighted by Gasteiger charge is -2.21. The first-order chi connectivity index (χ1) is 43.4. The third kappa shape index (κ3) is 63.5. The van der Waals surface area contributed by atoms with Crippen LogP contribution in [0.3, 0.4) is 0 Å². The molecule has 0 amide bonds. The summed E-state index contributed by atoms with van der Waals surface area (Å²) in [5, 5.41) is 10.6. The highest BCUT2D eigenvalue weighted by molar-refractivity contribution is 7.47. The summed E-state index contributed by atoms with van der Waals surface area (Å²) in [4.78, 5) is 72.6. The van der Waals surface area contributed by atoms with E-state index in [1.165, 1.54) is 173 Å². The molecule has 0 heterocycles. The molecule has 0 aliphatic carbocycles. The van der Waals surface area contributed by atoms with Gasteiger partial charge >= 0.3 is 39.5 Å². The monoisotopic (exact) mass is 1320 g/mol. The van der Waals surface area contributed by atoms with Gasteiger partial charge in [0.05, 0.1) is 26.4 Å². The molecule has 0 spiro atoms. The Morgan fingerprint density at radius 1 is 0.322 bits per heavy atom. The Morgan fingerprint density at radius 2 is 0.567 bits per heavy atom. The van der Waals surface area contributed by atoms with E-state index in [1.807, 2.05) is 0 Å². The van der Waals surface area contributed by atoms with Gasteiger partial charge in [-0.05, 0) is 37.5 Å². The number of unbranched alkanes of at least 4 members (excludes halogenated alkanes) is 39. The Hall–Kier alpha value is -1.94. The molecule has 3 N–H and O–H groups in total. The molecule has 17 nitrogen and oxygen atoms in total. The zero-order valence-electron chi connectivity index (χ0n) is 58.4. The molecule has 0 radical (unpaired) electrons. The van der Waals surface area contributed by atoms with E-state index in [2.05, 4.69) is 41.5 Å². The summed E-state index contributed by atoms with van der Waals surface area (Å²) in [6.07, 6.45) is 48.5. The van der Waals surface area contributed by atoms with Gasteiger partial charge in [0.1, 0.15) is 19.3 Å². The SMILES string of the molecule is CCCCCCCCCCCCCCCCCC(=O)O[C@H](COC(=O)CCCCCCCCCCCCC(C)CC)COP(=O)(O)OC[C@@H](O)COP(=O)(O)OC[C@@H](COC(=O)CCCCCCCCC(C)C)OC(=O)CCCCCCCCCCCCCC. The van der Waals surface area contributed by atoms with Crippen LogP contribution in [0.2, 0.25) is 0 Å². The van der Waals surface area contributed by atoms with Crippen molar-refractivity contribution in [3.8, 4) is 0 Å². The zero-order valence-corrected chi connectivity index (χ0v) is 60.2. The summed E-state index contributed by atoms with van der Waals surface area (Å²) in [6, 6.07) is 0. The quantitative estimate of drug-likeness (QED) is 0.0222. The van der Waals surface area contributed by atoms with Crippen molar-refractivity contribution in [2.75, 3.05) is 39.6 Å². The van der Waals surface area contributed by atoms with Gasteiger partial charge in [-0.15, -0.1) is 0 Å². The Morgan fingerprint density at radius 3 is 0.844 bits per heavy atom. The lowest BCUT2D eigenvalue weighted by molar-refractivity contribution is -0.161. The van der Waals surface area contributed by atoms with Gasteiger partial charge in [0.25, 0.3) is 0 Å². The van der Waals surface area contributed by atoms with E-state index < -0.39 is 97.5 Å². The summed E-state index contributed by atoms with van der Waals surface area (Å²) in [7, 11) is -9.90. The Labute approximate surface area is 549 Å². The second-order valence-electron chi connectivity index (χ2n) is 26.3. The lowest BCUT2D eigenvalue weighted by atomic mass is 9.99. The number of phosphoric ester groups is 2. The predicted octanol–water partition coefficient (Wildman–Crippen LogP) is 20.4. The van der Waals surface area contributed by atoms with Crippen molar-refractivity contribution in [2.24, 2.45) is 11.8 Å². The highest BCUT2D eigenvalue weighted by Gasteiger charge is 2.30. The molecule has 0 fully saturated rings. The van der Waals surface area contributed by atoms with Gasteiger partial charge in [0.2, 0.25) is 0 Å². The van der Waals surface area contributed by atoms with Crippen LogP contribution in [-0.4, -0.2) is 96.7 Å². The molecule has 0 aliphatic rings. The van der Waals surface area contributed by atoms with Crippen LogP contribution in [-0.2, 0) is 65.4 Å². The van der Waals surface area contributed by atoms with Gasteiger partial charge in [-0.3, -0.25) is 37.3 Å². The number of esters is 4. The molecule has 0 aromatic rings. The van der Waals surface area contributed by atoms with Crippen LogP contribution in [0.4, 0.5) is 0 Å². The summed E-state index contributed by atoms with van der Waals surface area (Å²) >= 11 is 0. The fourth-order valence-corrected chi connectivity index (χ4v) is 12.3. The molecule has 0 rings (SSSR count). The molecule has 0 saturated heterocycles. The third-order valence-electron chi connectivity index (χ3n) is 16.8. The molecular formula is C71H138O17P2. The largest absolute Gasteiger partial charge is 0.472 e. The highest BCUT2D eigenvalue weighted by Crippen LogP contribution is 2.45. The van der Waals surface area contributed by atoms with Crippen molar-refractivity contribution in [1.82, 2.24) is 0 Å². The molecule has 19 heteroatoms. The fraction of sp³-hybridized carbons (Fsp3) is 0.944. The van der Waals surface area contributed by atoms with E-state index >= 15 is 0 Å². The molecule has 0 saturated carbocycles. The number of hydrogen-bond donors (Lipinski definition) is 3. The summed E-state index contributed by atoms with van der Waals surface area (Å²) in [5.74, 6) is -0.633. The second kappa shape index (κ2) is 63.1. The third-order valence-corrected chi connectivity index (χ3v) is 18.7. The van der Waals surface area contributed by atoms with Gasteiger partial charge in [-0.25, -0.2) is 9.13 Å². The van der Waals surface area contributed by atoms with E-state index in [9.17, 15) is 43.2 Å². The summed E-state index contributed by atoms with van der Waals surface area (Å²) in [6.45, 7) is 9.51. The molecule has 0 bridgehead atoms. The number of rotatable bonds is 70. The maximum absolute atomic E-state index is 13.0. The molecule has 0 aromatic carbocycles. The van der Waals surface area contributed by atoms with E-state index in [4.69, 9.17) is 37.0 Å². The number of hydrogen-bond acceptors (Lipinski definition) is 15. The van der Waals surface area contributed by atoms with Gasteiger partial charge in [0.15, 0.2) is 12.2 Å². The minimum absolute atomic E-state index is 0.106. The second-order valence-corrected chi connectivity index (χ2v) is 29.3. The maximum Gasteiger partial charge on any atom is 0.472 e. The molecule has 534 valence electrons. The smallest absolute Gasteiger partial charge is 0.462 e. The average molecular weight is 1330 g/mol. The number of aliphatic hydroxyl groups is 1. The van der Waals surface area contributed by atoms with Gasteiger partial charge < -0.3 is 33.8 Å². The van der Waals surface area contributed by atoms with Crippen LogP contribution in [0.25, 0.3) is 0 Å². The number of carbonyl (C=O) groups excluding carboxylic acids is 4. The maximum atomic E-state index is 13.0. The van der Waals surface area contributed by atoms with Crippen molar-refractivity contribution in [3.63, 3.8) is 0 Å². The van der Waals surface area contributed by atoms with Crippen LogP contribution in [0.1, 0.15) is 363 Å². The van der Waals surface area contributed by atoms with Crippen molar-refractivity contribution < 1.29 is 80.2 Å². The summed E-state index contributed by atoms with van der Waals surface area (Å²) < 4.78 is 68.3. The predicted molar refractivity (Wildman–Crippen MR) is 363 cm³/mol. The first-order valence-corrected chi connectivity index (χ1v) is 40.0. The highest BCUT2D eigenvalue weighted by atomic mass is 31.2. The topological polar surface area (TPSA) is 237 Å². The van der Waals surface area contributed by atoms with E-state index in [1.54, 1.807) is 0 Å². The van der Waals surface area contributed by atoms with E-state index in [0.29, 0.717) is 31.6 Å². The Bertz CT molecular complexity index is 1750. The van der Waals surface area contributed by atoms with Crippen LogP contribution < -0.4 is 0 Å². The van der Waals surface area contributed by atoms with Crippen LogP contribution in [0.15, 0.2) is 0 Å². The minimum Gasteiger partial charge on any atom is -0.462 e. The zero-order chi connectivity index (χ0) is 66.5. The number of phosphoric acid groups is 2. The van der Waals surface area contributed by atoms with Crippen LogP contribution in [0, 0.1) is 11.8 Å². The number of ether oxygens (including phenoxy) is 4. The van der Waals surface area contributed by atoms with E-state index in [0.717, 1.165) is 102 Å². The number of carbonyl (C=O) groups is 4. The van der Waals surface area contributed by atoms with Crippen LogP contribution in [0.5, 0.6) is 0 Å². The fourth-order valence-electron chi connectivity index (χ4n) is 10.7. The molecular weight excluding hydrogens is 1190 g/mol. The first-order valence-electron chi connectivity index (χ1n) is 37.0. The van der Waals surface area contributed by atoms with Crippen molar-refractivity contribution in [3.05, 3.63) is 0 Å². The van der Waals surface area contributed by atoms with Crippen molar-refractivity contribution in [2.45, 2.75) is 381 Å². The normalized spacial score (nSPS) is 14.4. The summed E-state index contributed by atoms with van der Waals surface area (Å²) in [5.41, 5.74) is 0. The molecule has 0 aromatic heterocycles. The van der Waals surface area contributed by atoms with Gasteiger partial charge in [0, 0.05) is 25.7 Å². The van der Waals surface area contributed by atoms with Gasteiger partial charge in [-0.1, -0.05) is 311 Å². The van der Waals surface area contributed by atoms with Gasteiger partial charge in [-0.2, -0.15) is 0 Å². The van der Waals surface area contributed by atoms with Crippen LogP contribution >= 0.6 is 15.6 Å². The average Bonchev–Trinajstić information content (AvgIpc) is 3.73.